The fourth-order valence-electron chi connectivity index (χ4n) is 1.94. The van der Waals surface area contributed by atoms with E-state index in [-0.39, 0.29) is 18.2 Å². The highest BCUT2D eigenvalue weighted by Crippen LogP contribution is 2.19. The minimum absolute atomic E-state index is 0.186. The quantitative estimate of drug-likeness (QED) is 0.855. The lowest BCUT2D eigenvalue weighted by Crippen LogP contribution is -2.33. The van der Waals surface area contributed by atoms with Crippen molar-refractivity contribution in [3.63, 3.8) is 0 Å². The van der Waals surface area contributed by atoms with Crippen LogP contribution in [0, 0.1) is 0 Å². The number of benzene rings is 1. The molecule has 0 aliphatic carbocycles. The van der Waals surface area contributed by atoms with Crippen molar-refractivity contribution in [2.45, 2.75) is 12.8 Å². The average molecular weight is 284 g/mol. The lowest BCUT2D eigenvalue weighted by molar-refractivity contribution is -0.121. The van der Waals surface area contributed by atoms with Gasteiger partial charge in [-0.2, -0.15) is 10.2 Å². The first kappa shape index (κ1) is 13.0. The number of para-hydroxylation sites is 2. The van der Waals surface area contributed by atoms with E-state index in [0.717, 1.165) is 0 Å². The number of amides is 2. The number of nitrogens with one attached hydrogen (secondary N) is 2. The van der Waals surface area contributed by atoms with Crippen LogP contribution in [0.25, 0.3) is 5.69 Å². The average Bonchev–Trinajstić information content (AvgIpc) is 3.02. The summed E-state index contributed by atoms with van der Waals surface area (Å²) >= 11 is 0. The highest BCUT2D eigenvalue weighted by atomic mass is 16.2. The van der Waals surface area contributed by atoms with Crippen LogP contribution >= 0.6 is 0 Å². The summed E-state index contributed by atoms with van der Waals surface area (Å²) in [6, 6.07) is 7.22. The first-order valence-electron chi connectivity index (χ1n) is 6.35. The van der Waals surface area contributed by atoms with Gasteiger partial charge in [-0.25, -0.2) is 15.1 Å². The normalized spacial score (nSPS) is 14.3. The SMILES string of the molecule is O=C1CCC(C(=O)Nc2ccccc2-n2cncn2)=NN1. The van der Waals surface area contributed by atoms with Crippen molar-refractivity contribution >= 4 is 23.2 Å². The number of carbonyl (C=O) groups is 2. The van der Waals surface area contributed by atoms with Crippen LogP contribution in [0.2, 0.25) is 0 Å². The van der Waals surface area contributed by atoms with Gasteiger partial charge in [0.05, 0.1) is 11.4 Å². The first-order chi connectivity index (χ1) is 10.2. The maximum atomic E-state index is 12.2. The van der Waals surface area contributed by atoms with Crippen molar-refractivity contribution in [3.05, 3.63) is 36.9 Å². The zero-order valence-corrected chi connectivity index (χ0v) is 11.0. The minimum atomic E-state index is -0.345. The summed E-state index contributed by atoms with van der Waals surface area (Å²) < 4.78 is 1.56. The topological polar surface area (TPSA) is 101 Å². The van der Waals surface area contributed by atoms with Gasteiger partial charge in [0.25, 0.3) is 5.91 Å². The molecule has 1 aromatic heterocycles. The van der Waals surface area contributed by atoms with Crippen molar-refractivity contribution in [2.24, 2.45) is 5.10 Å². The van der Waals surface area contributed by atoms with Crippen LogP contribution in [0.3, 0.4) is 0 Å². The number of carbonyl (C=O) groups excluding carboxylic acids is 2. The number of anilines is 1. The summed E-state index contributed by atoms with van der Waals surface area (Å²) in [5.41, 5.74) is 3.88. The molecule has 0 atom stereocenters. The van der Waals surface area contributed by atoms with Gasteiger partial charge in [-0.15, -0.1) is 0 Å². The van der Waals surface area contributed by atoms with Crippen LogP contribution in [0.4, 0.5) is 5.69 Å². The Hall–Kier alpha value is -3.03. The molecule has 0 fully saturated rings. The van der Waals surface area contributed by atoms with E-state index >= 15 is 0 Å². The van der Waals surface area contributed by atoms with E-state index in [1.165, 1.54) is 6.33 Å². The summed E-state index contributed by atoms with van der Waals surface area (Å²) in [5.74, 6) is -0.530. The van der Waals surface area contributed by atoms with Crippen LogP contribution in [0.1, 0.15) is 12.8 Å². The number of hydrazone groups is 1. The van der Waals surface area contributed by atoms with E-state index in [1.54, 1.807) is 23.1 Å². The maximum absolute atomic E-state index is 12.2. The Morgan fingerprint density at radius 3 is 2.86 bits per heavy atom. The van der Waals surface area contributed by atoms with Gasteiger partial charge in [0.15, 0.2) is 0 Å². The second-order valence-corrected chi connectivity index (χ2v) is 4.40. The van der Waals surface area contributed by atoms with Gasteiger partial charge in [0.1, 0.15) is 18.4 Å². The molecule has 21 heavy (non-hydrogen) atoms. The predicted octanol–water partition coefficient (Wildman–Crippen LogP) is 0.472. The molecule has 0 bridgehead atoms. The molecule has 0 saturated carbocycles. The zero-order chi connectivity index (χ0) is 14.7. The Balaban J connectivity index is 1.82. The van der Waals surface area contributed by atoms with Gasteiger partial charge in [0.2, 0.25) is 5.91 Å². The van der Waals surface area contributed by atoms with Crippen LogP contribution in [0.5, 0.6) is 0 Å². The number of rotatable bonds is 3. The largest absolute Gasteiger partial charge is 0.319 e. The Morgan fingerprint density at radius 2 is 2.14 bits per heavy atom. The van der Waals surface area contributed by atoms with Crippen molar-refractivity contribution in [1.29, 1.82) is 0 Å². The summed E-state index contributed by atoms with van der Waals surface area (Å²) in [7, 11) is 0. The molecular weight excluding hydrogens is 272 g/mol. The van der Waals surface area contributed by atoms with E-state index in [9.17, 15) is 9.59 Å². The molecular formula is C13H12N6O2. The van der Waals surface area contributed by atoms with E-state index in [4.69, 9.17) is 0 Å². The highest BCUT2D eigenvalue weighted by Gasteiger charge is 2.19. The lowest BCUT2D eigenvalue weighted by Gasteiger charge is -2.14. The van der Waals surface area contributed by atoms with Gasteiger partial charge in [-0.3, -0.25) is 9.59 Å². The van der Waals surface area contributed by atoms with Crippen molar-refractivity contribution in [2.75, 3.05) is 5.32 Å². The highest BCUT2D eigenvalue weighted by molar-refractivity contribution is 6.43. The molecule has 0 saturated heterocycles. The molecule has 2 heterocycles. The Labute approximate surface area is 119 Å². The van der Waals surface area contributed by atoms with Crippen molar-refractivity contribution in [1.82, 2.24) is 20.2 Å². The molecule has 1 aliphatic rings. The fourth-order valence-corrected chi connectivity index (χ4v) is 1.94. The monoisotopic (exact) mass is 284 g/mol. The molecule has 106 valence electrons. The van der Waals surface area contributed by atoms with E-state index in [1.807, 2.05) is 12.1 Å². The van der Waals surface area contributed by atoms with Crippen molar-refractivity contribution in [3.8, 4) is 5.69 Å². The molecule has 0 radical (unpaired) electrons. The van der Waals surface area contributed by atoms with Gasteiger partial charge in [-0.1, -0.05) is 12.1 Å². The summed E-state index contributed by atoms with van der Waals surface area (Å²) in [6.07, 6.45) is 3.54. The molecule has 1 aliphatic heterocycles. The summed E-state index contributed by atoms with van der Waals surface area (Å²) in [6.45, 7) is 0. The maximum Gasteiger partial charge on any atom is 0.271 e. The van der Waals surface area contributed by atoms with E-state index in [0.29, 0.717) is 23.5 Å². The summed E-state index contributed by atoms with van der Waals surface area (Å²) in [4.78, 5) is 27.1. The molecule has 8 heteroatoms. The van der Waals surface area contributed by atoms with E-state index < -0.39 is 0 Å². The number of aromatic nitrogens is 3. The van der Waals surface area contributed by atoms with Gasteiger partial charge in [0, 0.05) is 12.8 Å². The van der Waals surface area contributed by atoms with Gasteiger partial charge < -0.3 is 5.32 Å². The third-order valence-electron chi connectivity index (χ3n) is 2.98. The third kappa shape index (κ3) is 2.78. The Kier molecular flexibility index (Phi) is 3.42. The van der Waals surface area contributed by atoms with Crippen molar-refractivity contribution < 1.29 is 9.59 Å². The molecule has 1 aromatic carbocycles. The predicted molar refractivity (Wildman–Crippen MR) is 74.8 cm³/mol. The molecule has 2 aromatic rings. The number of hydrogen-bond donors (Lipinski definition) is 2. The molecule has 0 unspecified atom stereocenters. The molecule has 0 spiro atoms. The van der Waals surface area contributed by atoms with Crippen LogP contribution in [0.15, 0.2) is 42.0 Å². The van der Waals surface area contributed by atoms with Crippen LogP contribution in [-0.4, -0.2) is 32.3 Å². The number of nitrogens with zero attached hydrogens (tertiary/aromatic N) is 4. The van der Waals surface area contributed by atoms with Gasteiger partial charge >= 0.3 is 0 Å². The Morgan fingerprint density at radius 1 is 1.29 bits per heavy atom. The summed E-state index contributed by atoms with van der Waals surface area (Å²) in [5, 5.41) is 10.6. The number of hydrogen-bond acceptors (Lipinski definition) is 5. The van der Waals surface area contributed by atoms with Gasteiger partial charge in [-0.05, 0) is 12.1 Å². The van der Waals surface area contributed by atoms with Crippen LogP contribution < -0.4 is 10.7 Å². The second kappa shape index (κ2) is 5.53. The van der Waals surface area contributed by atoms with Crippen LogP contribution in [-0.2, 0) is 9.59 Å². The smallest absolute Gasteiger partial charge is 0.271 e. The third-order valence-corrected chi connectivity index (χ3v) is 2.98. The second-order valence-electron chi connectivity index (χ2n) is 4.40. The molecule has 2 amide bonds. The minimum Gasteiger partial charge on any atom is -0.319 e. The molecule has 8 nitrogen and oxygen atoms in total. The first-order valence-corrected chi connectivity index (χ1v) is 6.35. The van der Waals surface area contributed by atoms with E-state index in [2.05, 4.69) is 25.9 Å². The molecule has 3 rings (SSSR count). The lowest BCUT2D eigenvalue weighted by atomic mass is 10.1. The standard InChI is InChI=1S/C13H12N6O2/c20-12-6-5-10(17-18-12)13(21)16-9-3-1-2-4-11(9)19-8-14-7-15-19/h1-4,7-8H,5-6H2,(H,16,21)(H,18,20). The zero-order valence-electron chi connectivity index (χ0n) is 11.0. The molecule has 2 N–H and O–H groups in total. The Bertz CT molecular complexity index is 707. The fraction of sp³-hybridized carbons (Fsp3) is 0.154.